The van der Waals surface area contributed by atoms with Crippen LogP contribution in [0.3, 0.4) is 0 Å². The summed E-state index contributed by atoms with van der Waals surface area (Å²) in [5.74, 6) is -0.00813. The van der Waals surface area contributed by atoms with E-state index in [4.69, 9.17) is 0 Å². The van der Waals surface area contributed by atoms with Gasteiger partial charge in [-0.3, -0.25) is 0 Å². The Hall–Kier alpha value is -3.25. The first kappa shape index (κ1) is 48.2. The molecule has 326 valence electrons. The van der Waals surface area contributed by atoms with Crippen molar-refractivity contribution in [3.05, 3.63) is 162 Å². The van der Waals surface area contributed by atoms with Crippen LogP contribution >= 0.6 is 0 Å². The van der Waals surface area contributed by atoms with Gasteiger partial charge in [-0.25, -0.2) is 0 Å². The molecule has 0 bridgehead atoms. The molecule has 9 heteroatoms. The van der Waals surface area contributed by atoms with Crippen molar-refractivity contribution in [2.75, 3.05) is 0 Å². The SMILES string of the molecule is CCC1C=C(C(C)(C)C)C=[C]1[Zr+2](=[C](c1cccc(C(F)(F)F)c1)c1cccc(C(F)(F)F)c1)[CH]1c2cc3c(cc2-c2cc4c(cc21)C(C)(C)CC=C4C)C(C)=CCC3(C)C.[Cl-].[Cl-]. The molecule has 0 heterocycles. The van der Waals surface area contributed by atoms with Crippen molar-refractivity contribution in [1.29, 1.82) is 0 Å². The molecule has 4 aromatic carbocycles. The van der Waals surface area contributed by atoms with Crippen LogP contribution < -0.4 is 24.8 Å². The van der Waals surface area contributed by atoms with E-state index in [1.807, 2.05) is 0 Å². The first-order valence-electron chi connectivity index (χ1n) is 21.2. The van der Waals surface area contributed by atoms with E-state index in [-0.39, 0.29) is 50.6 Å². The van der Waals surface area contributed by atoms with E-state index < -0.39 is 44.7 Å². The predicted octanol–water partition coefficient (Wildman–Crippen LogP) is 9.75. The van der Waals surface area contributed by atoms with Crippen LogP contribution in [0.5, 0.6) is 0 Å². The van der Waals surface area contributed by atoms with Crippen LogP contribution in [-0.4, -0.2) is 3.21 Å². The van der Waals surface area contributed by atoms with Crippen LogP contribution in [-0.2, 0) is 44.4 Å². The molecule has 0 aromatic heterocycles. The van der Waals surface area contributed by atoms with E-state index in [0.717, 1.165) is 59.2 Å². The zero-order valence-electron chi connectivity index (χ0n) is 37.0. The number of benzene rings is 4. The minimum atomic E-state index is -4.64. The summed E-state index contributed by atoms with van der Waals surface area (Å²) in [4.78, 5) is 0. The van der Waals surface area contributed by atoms with E-state index in [0.29, 0.717) is 14.3 Å². The Morgan fingerprint density at radius 3 is 1.47 bits per heavy atom. The van der Waals surface area contributed by atoms with Crippen molar-refractivity contribution in [3.8, 4) is 11.1 Å². The fraction of sp³-hybridized carbons (Fsp3) is 0.377. The molecule has 0 nitrogen and oxygen atoms in total. The van der Waals surface area contributed by atoms with Crippen molar-refractivity contribution >= 4 is 14.4 Å². The summed E-state index contributed by atoms with van der Waals surface area (Å²) < 4.78 is 89.9. The van der Waals surface area contributed by atoms with E-state index in [2.05, 4.69) is 118 Å². The number of hydrogen-bond donors (Lipinski definition) is 0. The van der Waals surface area contributed by atoms with Gasteiger partial charge >= 0.3 is 361 Å². The van der Waals surface area contributed by atoms with Crippen molar-refractivity contribution in [1.82, 2.24) is 0 Å². The summed E-state index contributed by atoms with van der Waals surface area (Å²) in [7, 11) is 0. The summed E-state index contributed by atoms with van der Waals surface area (Å²) in [6.45, 7) is 22.1. The number of halogens is 8. The normalized spacial score (nSPS) is 18.6. The zero-order valence-corrected chi connectivity index (χ0v) is 41.0. The molecule has 0 saturated carbocycles. The molecule has 0 saturated heterocycles. The van der Waals surface area contributed by atoms with Gasteiger partial charge in [-0.2, -0.15) is 0 Å². The largest absolute Gasteiger partial charge is 1.00 e. The van der Waals surface area contributed by atoms with Gasteiger partial charge in [0, 0.05) is 0 Å². The molecule has 0 N–H and O–H groups in total. The van der Waals surface area contributed by atoms with Gasteiger partial charge in [0.2, 0.25) is 0 Å². The van der Waals surface area contributed by atoms with Crippen LogP contribution in [0.2, 0.25) is 0 Å². The molecule has 1 unspecified atom stereocenters. The van der Waals surface area contributed by atoms with E-state index in [9.17, 15) is 26.3 Å². The Morgan fingerprint density at radius 1 is 0.645 bits per heavy atom. The zero-order chi connectivity index (χ0) is 43.5. The average Bonchev–Trinajstić information content (AvgIpc) is 3.75. The third kappa shape index (κ3) is 8.42. The van der Waals surface area contributed by atoms with Crippen molar-refractivity contribution < 1.29 is 72.4 Å². The Bertz CT molecular complexity index is 2480. The molecule has 4 aromatic rings. The van der Waals surface area contributed by atoms with Gasteiger partial charge in [0.15, 0.2) is 0 Å². The Labute approximate surface area is 383 Å². The van der Waals surface area contributed by atoms with Crippen molar-refractivity contribution in [3.63, 3.8) is 0 Å². The average molecular weight is 967 g/mol. The molecule has 62 heavy (non-hydrogen) atoms. The second kappa shape index (κ2) is 16.6. The standard InChI is InChI=1S/C27H29.C15H8F6.C11H17.2ClH.Zr/c1-16-7-9-26(3,4)24-12-18-11-19-13-25-21(17(2)8-10-27(25,5)6)15-23(19)22(18)14-20(16)24;16-14(17,18)12-5-1-3-10(8-12)7-11-4-2-6-13(9-11)15(19,20)21;1-5-9-6-7-10(8-9)11(2,3)4;;;/h7-8,11-15H,9-10H2,1-6H3;1-6,8-9H;7-9H,5H2,1-4H3;2*1H;/q;;;;;+2/p-2. The Balaban J connectivity index is 0.00000321. The van der Waals surface area contributed by atoms with Gasteiger partial charge in [0.25, 0.3) is 0 Å². The fourth-order valence-electron chi connectivity index (χ4n) is 10.0. The summed E-state index contributed by atoms with van der Waals surface area (Å²) in [6, 6.07) is 20.2. The van der Waals surface area contributed by atoms with Crippen LogP contribution in [0.1, 0.15) is 148 Å². The minimum Gasteiger partial charge on any atom is -1.00 e. The number of hydrogen-bond acceptors (Lipinski definition) is 0. The van der Waals surface area contributed by atoms with Gasteiger partial charge in [-0.15, -0.1) is 0 Å². The molecule has 0 radical (unpaired) electrons. The van der Waals surface area contributed by atoms with Gasteiger partial charge in [0.05, 0.1) is 0 Å². The second-order valence-electron chi connectivity index (χ2n) is 19.8. The maximum atomic E-state index is 14.7. The Kier molecular flexibility index (Phi) is 12.9. The molecule has 4 aliphatic carbocycles. The van der Waals surface area contributed by atoms with E-state index in [1.165, 1.54) is 60.9 Å². The van der Waals surface area contributed by atoms with E-state index in [1.54, 1.807) is 12.1 Å². The fourth-order valence-corrected chi connectivity index (χ4v) is 19.7. The topological polar surface area (TPSA) is 0 Å². The molecule has 0 fully saturated rings. The summed E-state index contributed by atoms with van der Waals surface area (Å²) in [5, 5.41) is 0. The first-order chi connectivity index (χ1) is 27.9. The van der Waals surface area contributed by atoms with Gasteiger partial charge in [-0.05, 0) is 0 Å². The molecular formula is C53H54Cl2F6Zr. The maximum Gasteiger partial charge on any atom is -1.00 e. The third-order valence-electron chi connectivity index (χ3n) is 13.7. The van der Waals surface area contributed by atoms with Crippen LogP contribution in [0.25, 0.3) is 22.3 Å². The summed E-state index contributed by atoms with van der Waals surface area (Å²) >= 11 is -3.91. The molecule has 0 amide bonds. The van der Waals surface area contributed by atoms with Gasteiger partial charge in [-0.1, -0.05) is 0 Å². The number of alkyl halides is 6. The minimum absolute atomic E-state index is 0. The van der Waals surface area contributed by atoms with Crippen molar-refractivity contribution in [2.45, 2.75) is 115 Å². The van der Waals surface area contributed by atoms with Gasteiger partial charge < -0.3 is 24.8 Å². The quantitative estimate of drug-likeness (QED) is 0.175. The molecule has 0 spiro atoms. The van der Waals surface area contributed by atoms with Gasteiger partial charge in [0.1, 0.15) is 0 Å². The van der Waals surface area contributed by atoms with Crippen molar-refractivity contribution in [2.24, 2.45) is 11.3 Å². The Morgan fingerprint density at radius 2 is 1.08 bits per heavy atom. The molecule has 4 aliphatic rings. The van der Waals surface area contributed by atoms with Crippen LogP contribution in [0, 0.1) is 11.3 Å². The number of allylic oxidation sites excluding steroid dienone is 8. The predicted molar refractivity (Wildman–Crippen MR) is 232 cm³/mol. The maximum absolute atomic E-state index is 14.7. The summed E-state index contributed by atoms with van der Waals surface area (Å²) in [6.07, 6.45) is 2.49. The van der Waals surface area contributed by atoms with Crippen LogP contribution in [0.4, 0.5) is 26.3 Å². The molecule has 1 atom stereocenters. The molecular weight excluding hydrogens is 913 g/mol. The molecule has 8 rings (SSSR count). The van der Waals surface area contributed by atoms with E-state index >= 15 is 0 Å². The monoisotopic (exact) mass is 964 g/mol. The number of fused-ring (bicyclic) bond motifs is 5. The first-order valence-corrected chi connectivity index (χ1v) is 25.0. The number of rotatable bonds is 5. The third-order valence-corrected chi connectivity index (χ3v) is 22.1. The van der Waals surface area contributed by atoms with Crippen LogP contribution in [0.15, 0.2) is 106 Å². The smallest absolute Gasteiger partial charge is 1.00 e. The summed E-state index contributed by atoms with van der Waals surface area (Å²) in [5.41, 5.74) is 11.5. The second-order valence-corrected chi connectivity index (χ2v) is 25.9. The molecule has 0 aliphatic heterocycles.